The van der Waals surface area contributed by atoms with Crippen molar-refractivity contribution in [3.05, 3.63) is 27.8 Å². The number of hydrogen-bond donors (Lipinski definition) is 2. The number of nitrogens with one attached hydrogen (secondary N) is 2. The summed E-state index contributed by atoms with van der Waals surface area (Å²) in [5.74, 6) is 0.0842. The van der Waals surface area contributed by atoms with Crippen molar-refractivity contribution in [2.24, 2.45) is 0 Å². The Morgan fingerprint density at radius 2 is 2.00 bits per heavy atom. The highest BCUT2D eigenvalue weighted by atomic mass is 127. The van der Waals surface area contributed by atoms with Crippen molar-refractivity contribution in [3.63, 3.8) is 0 Å². The molecule has 1 amide bonds. The van der Waals surface area contributed by atoms with Crippen molar-refractivity contribution in [3.8, 4) is 0 Å². The lowest BCUT2D eigenvalue weighted by atomic mass is 10.0. The summed E-state index contributed by atoms with van der Waals surface area (Å²) in [7, 11) is 0. The molecule has 0 aliphatic carbocycles. The summed E-state index contributed by atoms with van der Waals surface area (Å²) >= 11 is 2.25. The number of halogens is 2. The van der Waals surface area contributed by atoms with Gasteiger partial charge in [-0.2, -0.15) is 0 Å². The van der Waals surface area contributed by atoms with Crippen molar-refractivity contribution < 1.29 is 4.79 Å². The van der Waals surface area contributed by atoms with E-state index in [1.807, 2.05) is 24.3 Å². The molecule has 0 bridgehead atoms. The van der Waals surface area contributed by atoms with Crippen LogP contribution in [0.25, 0.3) is 0 Å². The fraction of sp³-hybridized carbons (Fsp3) is 0.417. The molecular weight excluding hydrogens is 351 g/mol. The predicted octanol–water partition coefficient (Wildman–Crippen LogP) is 2.79. The minimum absolute atomic E-state index is 0. The van der Waals surface area contributed by atoms with Crippen LogP contribution in [0, 0.1) is 3.57 Å². The molecule has 2 N–H and O–H groups in total. The van der Waals surface area contributed by atoms with Crippen LogP contribution in [0.2, 0.25) is 0 Å². The van der Waals surface area contributed by atoms with Gasteiger partial charge in [-0.1, -0.05) is 6.42 Å². The maximum absolute atomic E-state index is 11.9. The quantitative estimate of drug-likeness (QED) is 0.790. The second-order valence-electron chi connectivity index (χ2n) is 4.00. The van der Waals surface area contributed by atoms with Gasteiger partial charge < -0.3 is 10.6 Å². The molecule has 0 spiro atoms. The average Bonchev–Trinajstić information content (AvgIpc) is 2.33. The van der Waals surface area contributed by atoms with Gasteiger partial charge in [-0.05, 0) is 66.2 Å². The summed E-state index contributed by atoms with van der Waals surface area (Å²) in [5, 5.41) is 6.17. The van der Waals surface area contributed by atoms with E-state index < -0.39 is 0 Å². The van der Waals surface area contributed by atoms with Crippen LogP contribution in [0.5, 0.6) is 0 Å². The molecule has 1 fully saturated rings. The van der Waals surface area contributed by atoms with Gasteiger partial charge in [0.25, 0.3) is 0 Å². The first kappa shape index (κ1) is 14.7. The van der Waals surface area contributed by atoms with Crippen LogP contribution in [0.15, 0.2) is 24.3 Å². The highest BCUT2D eigenvalue weighted by Crippen LogP contribution is 2.13. The second kappa shape index (κ2) is 7.18. The number of carbonyl (C=O) groups excluding carboxylic acids is 1. The van der Waals surface area contributed by atoms with E-state index in [9.17, 15) is 4.79 Å². The minimum Gasteiger partial charge on any atom is -0.325 e. The average molecular weight is 367 g/mol. The lowest BCUT2D eigenvalue weighted by Gasteiger charge is -2.22. The topological polar surface area (TPSA) is 41.1 Å². The fourth-order valence-corrected chi connectivity index (χ4v) is 2.20. The first-order valence-electron chi connectivity index (χ1n) is 5.55. The van der Waals surface area contributed by atoms with Gasteiger partial charge in [0, 0.05) is 9.26 Å². The first-order chi connectivity index (χ1) is 7.75. The van der Waals surface area contributed by atoms with E-state index in [4.69, 9.17) is 0 Å². The van der Waals surface area contributed by atoms with Crippen LogP contribution >= 0.6 is 35.0 Å². The van der Waals surface area contributed by atoms with Crippen LogP contribution in [0.3, 0.4) is 0 Å². The number of hydrogen-bond acceptors (Lipinski definition) is 2. The zero-order chi connectivity index (χ0) is 11.4. The molecule has 1 aromatic rings. The van der Waals surface area contributed by atoms with Crippen molar-refractivity contribution in [1.29, 1.82) is 0 Å². The highest BCUT2D eigenvalue weighted by Gasteiger charge is 2.20. The molecule has 1 aliphatic heterocycles. The van der Waals surface area contributed by atoms with Crippen molar-refractivity contribution in [1.82, 2.24) is 5.32 Å². The molecule has 0 radical (unpaired) electrons. The monoisotopic (exact) mass is 366 g/mol. The third-order valence-corrected chi connectivity index (χ3v) is 3.46. The molecule has 0 aromatic heterocycles. The van der Waals surface area contributed by atoms with Crippen LogP contribution in [0.4, 0.5) is 5.69 Å². The number of amides is 1. The first-order valence-corrected chi connectivity index (χ1v) is 6.63. The number of piperidine rings is 1. The molecule has 1 aliphatic rings. The number of benzene rings is 1. The Morgan fingerprint density at radius 3 is 2.59 bits per heavy atom. The fourth-order valence-electron chi connectivity index (χ4n) is 1.84. The van der Waals surface area contributed by atoms with Gasteiger partial charge in [0.2, 0.25) is 5.91 Å². The van der Waals surface area contributed by atoms with Crippen molar-refractivity contribution in [2.75, 3.05) is 11.9 Å². The molecule has 1 saturated heterocycles. The van der Waals surface area contributed by atoms with E-state index in [1.54, 1.807) is 0 Å². The van der Waals surface area contributed by atoms with Crippen LogP contribution in [-0.2, 0) is 4.79 Å². The minimum atomic E-state index is -0.0203. The lowest BCUT2D eigenvalue weighted by Crippen LogP contribution is -2.43. The van der Waals surface area contributed by atoms with Gasteiger partial charge in [0.15, 0.2) is 0 Å². The van der Waals surface area contributed by atoms with Gasteiger partial charge >= 0.3 is 0 Å². The number of carbonyl (C=O) groups is 1. The van der Waals surface area contributed by atoms with E-state index in [-0.39, 0.29) is 24.4 Å². The zero-order valence-electron chi connectivity index (χ0n) is 9.41. The standard InChI is InChI=1S/C12H15IN2O.ClH/c13-9-4-6-10(7-5-9)15-12(16)11-3-1-2-8-14-11;/h4-7,11,14H,1-3,8H2,(H,15,16);1H. The Bertz CT molecular complexity index is 363. The molecule has 1 aromatic carbocycles. The summed E-state index contributed by atoms with van der Waals surface area (Å²) in [6.45, 7) is 0.949. The molecular formula is C12H16ClIN2O. The van der Waals surface area contributed by atoms with Gasteiger partial charge in [0.05, 0.1) is 6.04 Å². The lowest BCUT2D eigenvalue weighted by molar-refractivity contribution is -0.118. The molecule has 94 valence electrons. The predicted molar refractivity (Wildman–Crippen MR) is 80.7 cm³/mol. The van der Waals surface area contributed by atoms with Crippen LogP contribution in [-0.4, -0.2) is 18.5 Å². The van der Waals surface area contributed by atoms with E-state index in [2.05, 4.69) is 33.2 Å². The van der Waals surface area contributed by atoms with Crippen molar-refractivity contribution >= 4 is 46.6 Å². The highest BCUT2D eigenvalue weighted by molar-refractivity contribution is 14.1. The molecule has 0 saturated carbocycles. The SMILES string of the molecule is Cl.O=C(Nc1ccc(I)cc1)C1CCCCN1. The van der Waals surface area contributed by atoms with E-state index in [0.717, 1.165) is 25.1 Å². The van der Waals surface area contributed by atoms with Gasteiger partial charge in [-0.25, -0.2) is 0 Å². The van der Waals surface area contributed by atoms with Crippen LogP contribution < -0.4 is 10.6 Å². The normalized spacial score (nSPS) is 19.2. The molecule has 3 nitrogen and oxygen atoms in total. The Hall–Kier alpha value is -0.330. The molecule has 1 atom stereocenters. The Morgan fingerprint density at radius 1 is 1.29 bits per heavy atom. The second-order valence-corrected chi connectivity index (χ2v) is 5.24. The maximum atomic E-state index is 11.9. The molecule has 17 heavy (non-hydrogen) atoms. The summed E-state index contributed by atoms with van der Waals surface area (Å²) in [6, 6.07) is 7.83. The van der Waals surface area contributed by atoms with Gasteiger partial charge in [-0.15, -0.1) is 12.4 Å². The van der Waals surface area contributed by atoms with E-state index >= 15 is 0 Å². The van der Waals surface area contributed by atoms with E-state index in [1.165, 1.54) is 9.99 Å². The third-order valence-electron chi connectivity index (χ3n) is 2.74. The Labute approximate surface area is 121 Å². The Balaban J connectivity index is 0.00000144. The summed E-state index contributed by atoms with van der Waals surface area (Å²) in [5.41, 5.74) is 0.873. The van der Waals surface area contributed by atoms with Crippen molar-refractivity contribution in [2.45, 2.75) is 25.3 Å². The van der Waals surface area contributed by atoms with E-state index in [0.29, 0.717) is 0 Å². The van der Waals surface area contributed by atoms with Gasteiger partial charge in [0.1, 0.15) is 0 Å². The molecule has 5 heteroatoms. The summed E-state index contributed by atoms with van der Waals surface area (Å²) in [4.78, 5) is 11.9. The number of rotatable bonds is 2. The number of anilines is 1. The third kappa shape index (κ3) is 4.44. The molecule has 1 unspecified atom stereocenters. The summed E-state index contributed by atoms with van der Waals surface area (Å²) in [6.07, 6.45) is 3.25. The van der Waals surface area contributed by atoms with Crippen LogP contribution in [0.1, 0.15) is 19.3 Å². The smallest absolute Gasteiger partial charge is 0.241 e. The zero-order valence-corrected chi connectivity index (χ0v) is 12.4. The molecule has 2 rings (SSSR count). The molecule has 1 heterocycles. The van der Waals surface area contributed by atoms with Gasteiger partial charge in [-0.3, -0.25) is 4.79 Å². The Kier molecular flexibility index (Phi) is 6.22. The largest absolute Gasteiger partial charge is 0.325 e. The summed E-state index contributed by atoms with van der Waals surface area (Å²) < 4.78 is 1.17. The maximum Gasteiger partial charge on any atom is 0.241 e.